The Bertz CT molecular complexity index is 552. The zero-order chi connectivity index (χ0) is 12.3. The van der Waals surface area contributed by atoms with Crippen molar-refractivity contribution in [2.75, 3.05) is 0 Å². The van der Waals surface area contributed by atoms with Crippen LogP contribution in [0.15, 0.2) is 48.5 Å². The molecule has 0 unspecified atom stereocenters. The van der Waals surface area contributed by atoms with Gasteiger partial charge in [-0.1, -0.05) is 41.9 Å². The van der Waals surface area contributed by atoms with Gasteiger partial charge in [0.05, 0.1) is 5.56 Å². The van der Waals surface area contributed by atoms with Crippen molar-refractivity contribution in [3.05, 3.63) is 59.1 Å². The monoisotopic (exact) mass is 248 g/mol. The standard InChI is InChI=1S/C13H9ClO3/c14-10-5-3-4-9(8-10)11-6-1-2-7-12(11)13(15)17-16/h1-8,16H. The zero-order valence-electron chi connectivity index (χ0n) is 8.76. The molecule has 2 rings (SSSR count). The van der Waals surface area contributed by atoms with Crippen LogP contribution >= 0.6 is 11.6 Å². The number of benzene rings is 2. The van der Waals surface area contributed by atoms with Gasteiger partial charge < -0.3 is 0 Å². The smallest absolute Gasteiger partial charge is 0.295 e. The van der Waals surface area contributed by atoms with E-state index in [-0.39, 0.29) is 5.56 Å². The molecule has 0 fully saturated rings. The van der Waals surface area contributed by atoms with Gasteiger partial charge in [-0.3, -0.25) is 4.89 Å². The lowest BCUT2D eigenvalue weighted by molar-refractivity contribution is -0.182. The van der Waals surface area contributed by atoms with Crippen molar-refractivity contribution in [2.24, 2.45) is 0 Å². The number of rotatable bonds is 2. The van der Waals surface area contributed by atoms with E-state index in [4.69, 9.17) is 16.9 Å². The maximum absolute atomic E-state index is 11.4. The SMILES string of the molecule is O=C(OO)c1ccccc1-c1cccc(Cl)c1. The molecular weight excluding hydrogens is 240 g/mol. The van der Waals surface area contributed by atoms with Gasteiger partial charge in [0, 0.05) is 5.02 Å². The van der Waals surface area contributed by atoms with Crippen LogP contribution in [0.3, 0.4) is 0 Å². The maximum atomic E-state index is 11.4. The molecule has 0 amide bonds. The molecule has 0 bridgehead atoms. The number of hydrogen-bond acceptors (Lipinski definition) is 3. The fraction of sp³-hybridized carbons (Fsp3) is 0. The average molecular weight is 249 g/mol. The summed E-state index contributed by atoms with van der Waals surface area (Å²) in [5.41, 5.74) is 1.74. The van der Waals surface area contributed by atoms with Crippen molar-refractivity contribution in [1.82, 2.24) is 0 Å². The van der Waals surface area contributed by atoms with E-state index in [9.17, 15) is 4.79 Å². The first-order valence-corrected chi connectivity index (χ1v) is 5.31. The maximum Gasteiger partial charge on any atom is 0.373 e. The predicted octanol–water partition coefficient (Wildman–Crippen LogP) is 3.64. The minimum Gasteiger partial charge on any atom is -0.295 e. The molecule has 3 nitrogen and oxygen atoms in total. The van der Waals surface area contributed by atoms with Gasteiger partial charge in [0.2, 0.25) is 0 Å². The quantitative estimate of drug-likeness (QED) is 0.652. The van der Waals surface area contributed by atoms with Crippen LogP contribution in [-0.2, 0) is 4.89 Å². The Hall–Kier alpha value is -1.84. The summed E-state index contributed by atoms with van der Waals surface area (Å²) in [6, 6.07) is 13.9. The number of hydrogen-bond donors (Lipinski definition) is 1. The van der Waals surface area contributed by atoms with Gasteiger partial charge >= 0.3 is 5.97 Å². The second kappa shape index (κ2) is 4.99. The van der Waals surface area contributed by atoms with Crippen molar-refractivity contribution < 1.29 is 14.9 Å². The van der Waals surface area contributed by atoms with Crippen molar-refractivity contribution in [2.45, 2.75) is 0 Å². The van der Waals surface area contributed by atoms with E-state index >= 15 is 0 Å². The molecule has 0 atom stereocenters. The fourth-order valence-electron chi connectivity index (χ4n) is 1.62. The molecule has 2 aromatic carbocycles. The lowest BCUT2D eigenvalue weighted by Crippen LogP contribution is -2.03. The summed E-state index contributed by atoms with van der Waals surface area (Å²) >= 11 is 5.89. The average Bonchev–Trinajstić information content (AvgIpc) is 2.38. The molecule has 0 heterocycles. The van der Waals surface area contributed by atoms with Crippen molar-refractivity contribution in [3.63, 3.8) is 0 Å². The molecule has 0 aliphatic carbocycles. The van der Waals surface area contributed by atoms with Crippen LogP contribution < -0.4 is 0 Å². The third kappa shape index (κ3) is 2.46. The molecule has 17 heavy (non-hydrogen) atoms. The van der Waals surface area contributed by atoms with Gasteiger partial charge in [0.25, 0.3) is 0 Å². The first-order valence-electron chi connectivity index (χ1n) is 4.93. The topological polar surface area (TPSA) is 46.5 Å². The fourth-order valence-corrected chi connectivity index (χ4v) is 1.81. The van der Waals surface area contributed by atoms with E-state index in [0.29, 0.717) is 10.6 Å². The van der Waals surface area contributed by atoms with Crippen LogP contribution in [-0.4, -0.2) is 11.2 Å². The van der Waals surface area contributed by atoms with Gasteiger partial charge in [-0.05, 0) is 29.3 Å². The lowest BCUT2D eigenvalue weighted by Gasteiger charge is -2.07. The van der Waals surface area contributed by atoms with E-state index < -0.39 is 5.97 Å². The van der Waals surface area contributed by atoms with Crippen molar-refractivity contribution in [1.29, 1.82) is 0 Å². The minimum atomic E-state index is -0.791. The minimum absolute atomic E-state index is 0.289. The Kier molecular flexibility index (Phi) is 3.42. The molecule has 4 heteroatoms. The van der Waals surface area contributed by atoms with Crippen molar-refractivity contribution in [3.8, 4) is 11.1 Å². The van der Waals surface area contributed by atoms with Crippen LogP contribution in [0, 0.1) is 0 Å². The molecular formula is C13H9ClO3. The molecule has 0 aliphatic rings. The number of carbonyl (C=O) groups excluding carboxylic acids is 1. The molecule has 0 aliphatic heterocycles. The number of carbonyl (C=O) groups is 1. The largest absolute Gasteiger partial charge is 0.373 e. The van der Waals surface area contributed by atoms with Gasteiger partial charge in [0.15, 0.2) is 0 Å². The van der Waals surface area contributed by atoms with Crippen LogP contribution in [0.25, 0.3) is 11.1 Å². The first kappa shape index (κ1) is 11.6. The molecule has 0 spiro atoms. The Morgan fingerprint density at radius 1 is 1.12 bits per heavy atom. The Morgan fingerprint density at radius 2 is 1.88 bits per heavy atom. The first-order chi connectivity index (χ1) is 8.22. The Labute approximate surface area is 103 Å². The van der Waals surface area contributed by atoms with Gasteiger partial charge in [0.1, 0.15) is 0 Å². The molecule has 1 N–H and O–H groups in total. The van der Waals surface area contributed by atoms with Gasteiger partial charge in [-0.2, -0.15) is 5.26 Å². The lowest BCUT2D eigenvalue weighted by atomic mass is 10.00. The third-order valence-corrected chi connectivity index (χ3v) is 2.60. The highest BCUT2D eigenvalue weighted by molar-refractivity contribution is 6.30. The van der Waals surface area contributed by atoms with E-state index in [1.165, 1.54) is 0 Å². The summed E-state index contributed by atoms with van der Waals surface area (Å²) < 4.78 is 0. The molecule has 2 aromatic rings. The third-order valence-electron chi connectivity index (χ3n) is 2.37. The summed E-state index contributed by atoms with van der Waals surface area (Å²) in [6.07, 6.45) is 0. The van der Waals surface area contributed by atoms with Crippen LogP contribution in [0.4, 0.5) is 0 Å². The van der Waals surface area contributed by atoms with E-state index in [2.05, 4.69) is 4.89 Å². The van der Waals surface area contributed by atoms with Crippen molar-refractivity contribution >= 4 is 17.6 Å². The molecule has 0 saturated heterocycles. The highest BCUT2D eigenvalue weighted by atomic mass is 35.5. The summed E-state index contributed by atoms with van der Waals surface area (Å²) in [6.45, 7) is 0. The Morgan fingerprint density at radius 3 is 2.59 bits per heavy atom. The highest BCUT2D eigenvalue weighted by Crippen LogP contribution is 2.26. The second-order valence-corrected chi connectivity index (χ2v) is 3.87. The second-order valence-electron chi connectivity index (χ2n) is 3.43. The number of halogens is 1. The summed E-state index contributed by atoms with van der Waals surface area (Å²) in [5, 5.41) is 9.02. The Balaban J connectivity index is 2.55. The molecule has 0 saturated carbocycles. The zero-order valence-corrected chi connectivity index (χ0v) is 9.52. The summed E-state index contributed by atoms with van der Waals surface area (Å²) in [4.78, 5) is 15.1. The van der Waals surface area contributed by atoms with Crippen LogP contribution in [0.2, 0.25) is 5.02 Å². The van der Waals surface area contributed by atoms with Gasteiger partial charge in [-0.25, -0.2) is 4.79 Å². The summed E-state index contributed by atoms with van der Waals surface area (Å²) in [5.74, 6) is -0.791. The van der Waals surface area contributed by atoms with Gasteiger partial charge in [-0.15, -0.1) is 0 Å². The molecule has 0 aromatic heterocycles. The van der Waals surface area contributed by atoms with Crippen LogP contribution in [0.5, 0.6) is 0 Å². The van der Waals surface area contributed by atoms with E-state index in [0.717, 1.165) is 5.56 Å². The van der Waals surface area contributed by atoms with E-state index in [1.54, 1.807) is 42.5 Å². The predicted molar refractivity (Wildman–Crippen MR) is 64.9 cm³/mol. The molecule has 0 radical (unpaired) electrons. The van der Waals surface area contributed by atoms with Crippen LogP contribution in [0.1, 0.15) is 10.4 Å². The van der Waals surface area contributed by atoms with E-state index in [1.807, 2.05) is 6.07 Å². The normalized spacial score (nSPS) is 10.0. The summed E-state index contributed by atoms with van der Waals surface area (Å²) in [7, 11) is 0. The molecule has 86 valence electrons. The highest BCUT2D eigenvalue weighted by Gasteiger charge is 2.13.